The Morgan fingerprint density at radius 3 is 2.68 bits per heavy atom. The second kappa shape index (κ2) is 6.00. The maximum Gasteiger partial charge on any atom is 0.418 e. The number of pyridine rings is 1. The molecule has 0 spiro atoms. The van der Waals surface area contributed by atoms with Crippen molar-refractivity contribution >= 4 is 17.5 Å². The van der Waals surface area contributed by atoms with Crippen LogP contribution in [0.25, 0.3) is 0 Å². The van der Waals surface area contributed by atoms with Gasteiger partial charge in [0.25, 0.3) is 0 Å². The highest BCUT2D eigenvalue weighted by Crippen LogP contribution is 2.26. The third kappa shape index (κ3) is 3.10. The SMILES string of the molecule is CCOC(=O)N(c1cccnc1)c1cccc(C)c1. The van der Waals surface area contributed by atoms with Crippen molar-refractivity contribution in [1.82, 2.24) is 4.98 Å². The third-order valence-corrected chi connectivity index (χ3v) is 2.61. The lowest BCUT2D eigenvalue weighted by Gasteiger charge is -2.22. The summed E-state index contributed by atoms with van der Waals surface area (Å²) in [5.74, 6) is 0. The average Bonchev–Trinajstić information content (AvgIpc) is 2.40. The van der Waals surface area contributed by atoms with E-state index < -0.39 is 6.09 Å². The maximum atomic E-state index is 12.1. The topological polar surface area (TPSA) is 42.4 Å². The van der Waals surface area contributed by atoms with Crippen LogP contribution < -0.4 is 4.90 Å². The van der Waals surface area contributed by atoms with E-state index in [1.54, 1.807) is 25.4 Å². The average molecular weight is 256 g/mol. The van der Waals surface area contributed by atoms with Gasteiger partial charge in [-0.25, -0.2) is 9.69 Å². The summed E-state index contributed by atoms with van der Waals surface area (Å²) < 4.78 is 5.11. The number of aromatic nitrogens is 1. The van der Waals surface area contributed by atoms with Crippen molar-refractivity contribution in [3.8, 4) is 0 Å². The Kier molecular flexibility index (Phi) is 4.13. The first-order chi connectivity index (χ1) is 9.22. The number of rotatable bonds is 3. The molecule has 0 aliphatic carbocycles. The molecule has 19 heavy (non-hydrogen) atoms. The zero-order valence-electron chi connectivity index (χ0n) is 11.0. The van der Waals surface area contributed by atoms with E-state index in [2.05, 4.69) is 4.98 Å². The molecular weight excluding hydrogens is 240 g/mol. The first-order valence-electron chi connectivity index (χ1n) is 6.16. The molecule has 0 saturated heterocycles. The van der Waals surface area contributed by atoms with E-state index in [-0.39, 0.29) is 0 Å². The van der Waals surface area contributed by atoms with Gasteiger partial charge in [0.2, 0.25) is 0 Å². The fraction of sp³-hybridized carbons (Fsp3) is 0.200. The molecule has 0 aliphatic rings. The molecule has 0 fully saturated rings. The predicted molar refractivity (Wildman–Crippen MR) is 74.6 cm³/mol. The van der Waals surface area contributed by atoms with Gasteiger partial charge in [0.1, 0.15) is 0 Å². The van der Waals surface area contributed by atoms with Crippen molar-refractivity contribution in [3.63, 3.8) is 0 Å². The molecule has 4 nitrogen and oxygen atoms in total. The number of ether oxygens (including phenoxy) is 1. The molecule has 98 valence electrons. The number of carbonyl (C=O) groups is 1. The molecule has 1 heterocycles. The van der Waals surface area contributed by atoms with Gasteiger partial charge in [0.05, 0.1) is 24.2 Å². The maximum absolute atomic E-state index is 12.1. The molecule has 2 aromatic rings. The van der Waals surface area contributed by atoms with Crippen molar-refractivity contribution in [2.75, 3.05) is 11.5 Å². The summed E-state index contributed by atoms with van der Waals surface area (Å²) in [5.41, 5.74) is 2.54. The summed E-state index contributed by atoms with van der Waals surface area (Å²) >= 11 is 0. The molecule has 0 unspecified atom stereocenters. The molecule has 0 aliphatic heterocycles. The molecule has 0 radical (unpaired) electrons. The summed E-state index contributed by atoms with van der Waals surface area (Å²) in [4.78, 5) is 17.7. The van der Waals surface area contributed by atoms with Crippen molar-refractivity contribution in [1.29, 1.82) is 0 Å². The van der Waals surface area contributed by atoms with E-state index in [0.717, 1.165) is 11.3 Å². The Morgan fingerprint density at radius 2 is 2.05 bits per heavy atom. The van der Waals surface area contributed by atoms with Gasteiger partial charge < -0.3 is 4.74 Å². The molecule has 1 amide bonds. The highest BCUT2D eigenvalue weighted by molar-refractivity contribution is 5.95. The molecule has 1 aromatic carbocycles. The Morgan fingerprint density at radius 1 is 1.26 bits per heavy atom. The number of anilines is 2. The number of nitrogens with zero attached hydrogens (tertiary/aromatic N) is 2. The quantitative estimate of drug-likeness (QED) is 0.841. The normalized spacial score (nSPS) is 10.0. The van der Waals surface area contributed by atoms with Crippen LogP contribution in [0.2, 0.25) is 0 Å². The van der Waals surface area contributed by atoms with E-state index in [4.69, 9.17) is 4.74 Å². The molecular formula is C15H16N2O2. The first-order valence-corrected chi connectivity index (χ1v) is 6.16. The van der Waals surface area contributed by atoms with Crippen LogP contribution in [0.4, 0.5) is 16.2 Å². The minimum absolute atomic E-state index is 0.335. The Labute approximate surface area is 112 Å². The summed E-state index contributed by atoms with van der Waals surface area (Å²) in [6, 6.07) is 11.3. The van der Waals surface area contributed by atoms with Crippen molar-refractivity contribution in [3.05, 3.63) is 54.4 Å². The van der Waals surface area contributed by atoms with Crippen LogP contribution in [-0.4, -0.2) is 17.7 Å². The van der Waals surface area contributed by atoms with Crippen LogP contribution in [0.3, 0.4) is 0 Å². The minimum Gasteiger partial charge on any atom is -0.449 e. The van der Waals surface area contributed by atoms with E-state index in [1.165, 1.54) is 4.90 Å². The third-order valence-electron chi connectivity index (χ3n) is 2.61. The van der Waals surface area contributed by atoms with Gasteiger partial charge in [0.15, 0.2) is 0 Å². The lowest BCUT2D eigenvalue weighted by atomic mass is 10.2. The second-order valence-corrected chi connectivity index (χ2v) is 4.08. The summed E-state index contributed by atoms with van der Waals surface area (Å²) in [6.07, 6.45) is 2.91. The van der Waals surface area contributed by atoms with E-state index in [9.17, 15) is 4.79 Å². The summed E-state index contributed by atoms with van der Waals surface area (Å²) in [7, 11) is 0. The minimum atomic E-state index is -0.402. The number of benzene rings is 1. The van der Waals surface area contributed by atoms with Crippen LogP contribution in [0, 0.1) is 6.92 Å². The van der Waals surface area contributed by atoms with Crippen LogP contribution in [0.15, 0.2) is 48.8 Å². The highest BCUT2D eigenvalue weighted by atomic mass is 16.6. The van der Waals surface area contributed by atoms with Gasteiger partial charge in [-0.2, -0.15) is 0 Å². The first kappa shape index (κ1) is 13.1. The van der Waals surface area contributed by atoms with Gasteiger partial charge in [-0.3, -0.25) is 4.98 Å². The van der Waals surface area contributed by atoms with Crippen LogP contribution in [-0.2, 0) is 4.74 Å². The van der Waals surface area contributed by atoms with E-state index in [0.29, 0.717) is 12.3 Å². The van der Waals surface area contributed by atoms with Crippen molar-refractivity contribution < 1.29 is 9.53 Å². The molecule has 0 N–H and O–H groups in total. The number of carbonyl (C=O) groups excluding carboxylic acids is 1. The fourth-order valence-corrected chi connectivity index (χ4v) is 1.80. The molecule has 2 rings (SSSR count). The van der Waals surface area contributed by atoms with Crippen LogP contribution in [0.5, 0.6) is 0 Å². The fourth-order valence-electron chi connectivity index (χ4n) is 1.80. The predicted octanol–water partition coefficient (Wildman–Crippen LogP) is 3.68. The lowest BCUT2D eigenvalue weighted by molar-refractivity contribution is 0.162. The van der Waals surface area contributed by atoms with E-state index >= 15 is 0 Å². The Hall–Kier alpha value is -2.36. The van der Waals surface area contributed by atoms with Crippen LogP contribution >= 0.6 is 0 Å². The highest BCUT2D eigenvalue weighted by Gasteiger charge is 2.19. The number of aryl methyl sites for hydroxylation is 1. The lowest BCUT2D eigenvalue weighted by Crippen LogP contribution is -2.26. The smallest absolute Gasteiger partial charge is 0.418 e. The van der Waals surface area contributed by atoms with Gasteiger partial charge in [-0.1, -0.05) is 12.1 Å². The van der Waals surface area contributed by atoms with Crippen LogP contribution in [0.1, 0.15) is 12.5 Å². The number of hydrogen-bond donors (Lipinski definition) is 0. The Bertz CT molecular complexity index is 555. The standard InChI is InChI=1S/C15H16N2O2/c1-3-19-15(18)17(14-8-5-9-16-11-14)13-7-4-6-12(2)10-13/h4-11H,3H2,1-2H3. The largest absolute Gasteiger partial charge is 0.449 e. The monoisotopic (exact) mass is 256 g/mol. The molecule has 1 aromatic heterocycles. The molecule has 0 saturated carbocycles. The summed E-state index contributed by atoms with van der Waals surface area (Å²) in [6.45, 7) is 4.10. The van der Waals surface area contributed by atoms with Gasteiger partial charge in [-0.05, 0) is 43.7 Å². The van der Waals surface area contributed by atoms with Crippen molar-refractivity contribution in [2.45, 2.75) is 13.8 Å². The molecule has 0 atom stereocenters. The van der Waals surface area contributed by atoms with Crippen molar-refractivity contribution in [2.24, 2.45) is 0 Å². The Balaban J connectivity index is 2.43. The molecule has 0 bridgehead atoms. The number of amides is 1. The number of hydrogen-bond acceptors (Lipinski definition) is 3. The van der Waals surface area contributed by atoms with Gasteiger partial charge in [-0.15, -0.1) is 0 Å². The zero-order chi connectivity index (χ0) is 13.7. The second-order valence-electron chi connectivity index (χ2n) is 4.08. The van der Waals surface area contributed by atoms with E-state index in [1.807, 2.05) is 37.3 Å². The van der Waals surface area contributed by atoms with Gasteiger partial charge >= 0.3 is 6.09 Å². The van der Waals surface area contributed by atoms with Gasteiger partial charge in [0, 0.05) is 6.20 Å². The summed E-state index contributed by atoms with van der Waals surface area (Å²) in [5, 5.41) is 0. The molecule has 4 heteroatoms. The zero-order valence-corrected chi connectivity index (χ0v) is 11.0.